The summed E-state index contributed by atoms with van der Waals surface area (Å²) in [6.07, 6.45) is 1.98. The van der Waals surface area contributed by atoms with E-state index >= 15 is 0 Å². The molecule has 174 valence electrons. The van der Waals surface area contributed by atoms with Gasteiger partial charge in [0.05, 0.1) is 26.2 Å². The number of carbonyl (C=O) groups is 1. The number of benzene rings is 2. The Hall–Kier alpha value is -3.69. The topological polar surface area (TPSA) is 81.7 Å². The third kappa shape index (κ3) is 5.44. The number of ether oxygens (including phenoxy) is 3. The molecule has 0 aliphatic rings. The predicted octanol–water partition coefficient (Wildman–Crippen LogP) is 5.47. The van der Waals surface area contributed by atoms with Crippen LogP contribution in [0.1, 0.15) is 10.4 Å². The van der Waals surface area contributed by atoms with Gasteiger partial charge in [-0.3, -0.25) is 9.78 Å². The monoisotopic (exact) mass is 493 g/mol. The van der Waals surface area contributed by atoms with Crippen molar-refractivity contribution in [3.8, 4) is 23.0 Å². The highest BCUT2D eigenvalue weighted by Crippen LogP contribution is 2.37. The van der Waals surface area contributed by atoms with Crippen LogP contribution >= 0.6 is 23.6 Å². The van der Waals surface area contributed by atoms with Crippen molar-refractivity contribution in [3.05, 3.63) is 70.5 Å². The zero-order chi connectivity index (χ0) is 24.1. The van der Waals surface area contributed by atoms with Crippen molar-refractivity contribution in [3.63, 3.8) is 0 Å². The first kappa shape index (κ1) is 23.5. The van der Waals surface area contributed by atoms with Crippen LogP contribution in [0.2, 0.25) is 0 Å². The number of methoxy groups -OCH3 is 2. The van der Waals surface area contributed by atoms with Crippen molar-refractivity contribution in [1.29, 1.82) is 0 Å². The number of carbonyl (C=O) groups excluding carboxylic acids is 1. The lowest BCUT2D eigenvalue weighted by Gasteiger charge is -2.15. The number of hydrogen-bond acceptors (Lipinski definition) is 7. The summed E-state index contributed by atoms with van der Waals surface area (Å²) in [6.45, 7) is 1.93. The van der Waals surface area contributed by atoms with Crippen LogP contribution in [0.3, 0.4) is 0 Å². The number of thiocarbonyl (C=S) groups is 1. The van der Waals surface area contributed by atoms with E-state index in [0.29, 0.717) is 29.4 Å². The number of aryl methyl sites for hydroxylation is 1. The number of anilines is 1. The van der Waals surface area contributed by atoms with E-state index in [1.807, 2.05) is 54.8 Å². The molecule has 0 unspecified atom stereocenters. The van der Waals surface area contributed by atoms with E-state index in [0.717, 1.165) is 27.0 Å². The first-order valence-electron chi connectivity index (χ1n) is 10.4. The molecule has 2 aromatic carbocycles. The smallest absolute Gasteiger partial charge is 0.231 e. The van der Waals surface area contributed by atoms with Gasteiger partial charge in [0.15, 0.2) is 16.6 Å². The van der Waals surface area contributed by atoms with Crippen LogP contribution in [0.5, 0.6) is 23.0 Å². The third-order valence-electron chi connectivity index (χ3n) is 5.05. The Morgan fingerprint density at radius 2 is 1.85 bits per heavy atom. The summed E-state index contributed by atoms with van der Waals surface area (Å²) in [7, 11) is 3.17. The molecule has 2 aromatic heterocycles. The Bertz CT molecular complexity index is 1340. The number of nitrogens with zero attached hydrogens (tertiary/aromatic N) is 1. The van der Waals surface area contributed by atoms with Gasteiger partial charge < -0.3 is 24.8 Å². The van der Waals surface area contributed by atoms with Crippen molar-refractivity contribution < 1.29 is 19.0 Å². The number of nitrogens with one attached hydrogen (secondary N) is 2. The highest BCUT2D eigenvalue weighted by atomic mass is 32.1. The molecule has 0 aliphatic heterocycles. The minimum Gasteiger partial charge on any atom is -0.493 e. The van der Waals surface area contributed by atoms with Gasteiger partial charge in [0.2, 0.25) is 5.91 Å². The maximum Gasteiger partial charge on any atom is 0.231 e. The molecule has 34 heavy (non-hydrogen) atoms. The molecule has 0 spiro atoms. The van der Waals surface area contributed by atoms with E-state index in [4.69, 9.17) is 26.4 Å². The number of amides is 1. The molecule has 0 radical (unpaired) electrons. The Balaban J connectivity index is 1.46. The van der Waals surface area contributed by atoms with Gasteiger partial charge in [0, 0.05) is 28.2 Å². The minimum atomic E-state index is -0.158. The molecule has 0 saturated carbocycles. The lowest BCUT2D eigenvalue weighted by Crippen LogP contribution is -2.35. The van der Waals surface area contributed by atoms with Gasteiger partial charge in [-0.15, -0.1) is 11.3 Å². The summed E-state index contributed by atoms with van der Waals surface area (Å²) in [4.78, 5) is 17.6. The second kappa shape index (κ2) is 10.5. The minimum absolute atomic E-state index is 0.158. The van der Waals surface area contributed by atoms with Gasteiger partial charge in [-0.25, -0.2) is 0 Å². The first-order chi connectivity index (χ1) is 16.5. The van der Waals surface area contributed by atoms with Crippen molar-refractivity contribution in [2.45, 2.75) is 13.3 Å². The Kier molecular flexibility index (Phi) is 7.24. The van der Waals surface area contributed by atoms with E-state index in [2.05, 4.69) is 15.6 Å². The molecule has 7 nitrogen and oxygen atoms in total. The predicted molar refractivity (Wildman–Crippen MR) is 138 cm³/mol. The van der Waals surface area contributed by atoms with E-state index in [1.54, 1.807) is 26.5 Å². The second-order valence-electron chi connectivity index (χ2n) is 7.37. The van der Waals surface area contributed by atoms with Crippen molar-refractivity contribution in [2.24, 2.45) is 0 Å². The molecule has 0 saturated heterocycles. The largest absolute Gasteiger partial charge is 0.493 e. The zero-order valence-corrected chi connectivity index (χ0v) is 20.5. The number of rotatable bonds is 7. The van der Waals surface area contributed by atoms with Crippen molar-refractivity contribution in [2.75, 3.05) is 19.5 Å². The molecule has 2 N–H and O–H groups in total. The summed E-state index contributed by atoms with van der Waals surface area (Å²) in [6, 6.07) is 14.9. The second-order valence-corrected chi connectivity index (χ2v) is 8.81. The average Bonchev–Trinajstić information content (AvgIpc) is 3.33. The van der Waals surface area contributed by atoms with Gasteiger partial charge >= 0.3 is 0 Å². The molecular weight excluding hydrogens is 470 g/mol. The van der Waals surface area contributed by atoms with E-state index in [-0.39, 0.29) is 11.0 Å². The summed E-state index contributed by atoms with van der Waals surface area (Å²) >= 11 is 6.84. The molecular formula is C25H23N3O4S2. The normalized spacial score (nSPS) is 10.6. The molecule has 2 heterocycles. The first-order valence-corrected chi connectivity index (χ1v) is 11.7. The SMILES string of the molecule is COc1cc2nccc(Oc3ccc(NC(=S)NC(=O)Cc4cccs4)c(C)c3)c2cc1OC. The van der Waals surface area contributed by atoms with Gasteiger partial charge in [-0.1, -0.05) is 6.07 Å². The van der Waals surface area contributed by atoms with Gasteiger partial charge in [0.25, 0.3) is 0 Å². The lowest BCUT2D eigenvalue weighted by molar-refractivity contribution is -0.118. The quantitative estimate of drug-likeness (QED) is 0.330. The highest BCUT2D eigenvalue weighted by molar-refractivity contribution is 7.80. The fraction of sp³-hybridized carbons (Fsp3) is 0.160. The van der Waals surface area contributed by atoms with Crippen LogP contribution < -0.4 is 24.8 Å². The van der Waals surface area contributed by atoms with Crippen LogP contribution in [-0.2, 0) is 11.2 Å². The molecule has 4 aromatic rings. The fourth-order valence-electron chi connectivity index (χ4n) is 3.40. The summed E-state index contributed by atoms with van der Waals surface area (Å²) in [5, 5.41) is 8.78. The Labute approximate surface area is 206 Å². The number of pyridine rings is 1. The standard InChI is InChI=1S/C25H23N3O4S2/c1-15-11-16(6-7-19(15)27-25(33)28-24(29)12-17-5-4-10-34-17)32-21-8-9-26-20-14-23(31-3)22(30-2)13-18(20)21/h4-11,13-14H,12H2,1-3H3,(H2,27,28,29,33). The molecule has 4 rings (SSSR count). The van der Waals surface area contributed by atoms with Crippen molar-refractivity contribution in [1.82, 2.24) is 10.3 Å². The van der Waals surface area contributed by atoms with Crippen LogP contribution in [0, 0.1) is 6.92 Å². The van der Waals surface area contributed by atoms with Crippen LogP contribution in [0.4, 0.5) is 5.69 Å². The van der Waals surface area contributed by atoms with Crippen LogP contribution in [0.15, 0.2) is 60.1 Å². The third-order valence-corrected chi connectivity index (χ3v) is 6.13. The van der Waals surface area contributed by atoms with E-state index < -0.39 is 0 Å². The molecule has 0 bridgehead atoms. The van der Waals surface area contributed by atoms with Gasteiger partial charge in [-0.2, -0.15) is 0 Å². The maximum absolute atomic E-state index is 12.2. The van der Waals surface area contributed by atoms with E-state index in [9.17, 15) is 4.79 Å². The number of fused-ring (bicyclic) bond motifs is 1. The van der Waals surface area contributed by atoms with Crippen molar-refractivity contribution >= 4 is 51.2 Å². The van der Waals surface area contributed by atoms with Gasteiger partial charge in [0.1, 0.15) is 11.5 Å². The number of hydrogen-bond donors (Lipinski definition) is 2. The molecule has 0 fully saturated rings. The maximum atomic E-state index is 12.2. The average molecular weight is 494 g/mol. The highest BCUT2D eigenvalue weighted by Gasteiger charge is 2.13. The van der Waals surface area contributed by atoms with Gasteiger partial charge in [-0.05, 0) is 66.5 Å². The fourth-order valence-corrected chi connectivity index (χ4v) is 4.33. The molecule has 0 atom stereocenters. The Morgan fingerprint density at radius 1 is 1.06 bits per heavy atom. The van der Waals surface area contributed by atoms with Crippen LogP contribution in [-0.4, -0.2) is 30.2 Å². The molecule has 0 aliphatic carbocycles. The number of thiophene rings is 1. The summed E-state index contributed by atoms with van der Waals surface area (Å²) < 4.78 is 16.9. The number of aromatic nitrogens is 1. The molecule has 9 heteroatoms. The summed E-state index contributed by atoms with van der Waals surface area (Å²) in [5.41, 5.74) is 2.42. The molecule has 1 amide bonds. The lowest BCUT2D eigenvalue weighted by atomic mass is 10.1. The zero-order valence-electron chi connectivity index (χ0n) is 18.9. The van der Waals surface area contributed by atoms with E-state index in [1.165, 1.54) is 11.3 Å². The Morgan fingerprint density at radius 3 is 2.56 bits per heavy atom. The van der Waals surface area contributed by atoms with Crippen LogP contribution in [0.25, 0.3) is 10.9 Å². The summed E-state index contributed by atoms with van der Waals surface area (Å²) in [5.74, 6) is 2.33.